The monoisotopic (exact) mass is 334 g/mol. The van der Waals surface area contributed by atoms with Gasteiger partial charge in [0, 0.05) is 19.4 Å². The zero-order chi connectivity index (χ0) is 16.8. The predicted octanol–water partition coefficient (Wildman–Crippen LogP) is 5.88. The Morgan fingerprint density at radius 2 is 1.27 bits per heavy atom. The predicted molar refractivity (Wildman–Crippen MR) is 71.4 cm³/mol. The van der Waals surface area contributed by atoms with Gasteiger partial charge in [0.05, 0.1) is 6.10 Å². The van der Waals surface area contributed by atoms with Crippen molar-refractivity contribution in [3.8, 4) is 0 Å². The minimum absolute atomic E-state index is 0.0159. The average Bonchev–Trinajstić information content (AvgIpc) is 2.39. The fourth-order valence-electron chi connectivity index (χ4n) is 3.13. The minimum Gasteiger partial charge on any atom is -0.378 e. The van der Waals surface area contributed by atoms with Gasteiger partial charge in [0.2, 0.25) is 0 Å². The van der Waals surface area contributed by atoms with Crippen LogP contribution in [0.5, 0.6) is 0 Å². The lowest BCUT2D eigenvalue weighted by atomic mass is 9.76. The number of rotatable bonds is 7. The van der Waals surface area contributed by atoms with Crippen molar-refractivity contribution in [1.29, 1.82) is 0 Å². The van der Waals surface area contributed by atoms with Crippen molar-refractivity contribution < 1.29 is 31.1 Å². The molecule has 2 atom stereocenters. The molecule has 7 heteroatoms. The van der Waals surface area contributed by atoms with Crippen molar-refractivity contribution in [3.63, 3.8) is 0 Å². The first-order valence-corrected chi connectivity index (χ1v) is 7.84. The van der Waals surface area contributed by atoms with Crippen molar-refractivity contribution in [2.24, 2.45) is 11.8 Å². The van der Waals surface area contributed by atoms with Gasteiger partial charge in [0.1, 0.15) is 0 Å². The Morgan fingerprint density at radius 1 is 0.818 bits per heavy atom. The lowest BCUT2D eigenvalue weighted by Crippen LogP contribution is -2.30. The Balaban J connectivity index is 2.53. The van der Waals surface area contributed by atoms with Gasteiger partial charge in [-0.3, -0.25) is 0 Å². The highest BCUT2D eigenvalue weighted by Crippen LogP contribution is 2.39. The van der Waals surface area contributed by atoms with Crippen molar-refractivity contribution in [1.82, 2.24) is 0 Å². The van der Waals surface area contributed by atoms with Gasteiger partial charge < -0.3 is 4.74 Å². The van der Waals surface area contributed by atoms with Gasteiger partial charge in [-0.1, -0.05) is 6.92 Å². The summed E-state index contributed by atoms with van der Waals surface area (Å²) >= 11 is 0. The number of halogens is 6. The normalized spacial score (nSPS) is 27.1. The van der Waals surface area contributed by atoms with Crippen LogP contribution in [-0.2, 0) is 4.74 Å². The molecule has 1 fully saturated rings. The highest BCUT2D eigenvalue weighted by Gasteiger charge is 2.35. The van der Waals surface area contributed by atoms with Gasteiger partial charge in [0.15, 0.2) is 0 Å². The molecule has 0 spiro atoms. The quantitative estimate of drug-likeness (QED) is 0.528. The van der Waals surface area contributed by atoms with E-state index in [1.165, 1.54) is 0 Å². The van der Waals surface area contributed by atoms with E-state index in [9.17, 15) is 26.3 Å². The molecule has 0 aromatic carbocycles. The second-order valence-corrected chi connectivity index (χ2v) is 6.24. The summed E-state index contributed by atoms with van der Waals surface area (Å²) in [5.41, 5.74) is 0. The number of ether oxygens (including phenoxy) is 1. The second-order valence-electron chi connectivity index (χ2n) is 6.24. The highest BCUT2D eigenvalue weighted by atomic mass is 19.4. The summed E-state index contributed by atoms with van der Waals surface area (Å²) in [7, 11) is 0. The first kappa shape index (κ1) is 19.6. The summed E-state index contributed by atoms with van der Waals surface area (Å²) in [6, 6.07) is 0. The van der Waals surface area contributed by atoms with E-state index in [4.69, 9.17) is 4.74 Å². The van der Waals surface area contributed by atoms with Crippen LogP contribution < -0.4 is 0 Å². The maximum absolute atomic E-state index is 12.3. The number of hydrogen-bond donors (Lipinski definition) is 0. The largest absolute Gasteiger partial charge is 0.389 e. The zero-order valence-electron chi connectivity index (χ0n) is 12.8. The summed E-state index contributed by atoms with van der Waals surface area (Å²) < 4.78 is 79.6. The molecule has 1 aliphatic carbocycles. The SMILES string of the molecule is CCCOC1CC(CCC(F)(F)F)CC(CCC(F)(F)F)C1. The fraction of sp³-hybridized carbons (Fsp3) is 1.00. The molecule has 0 aliphatic heterocycles. The molecular formula is C15H24F6O. The molecule has 1 nitrogen and oxygen atoms in total. The maximum atomic E-state index is 12.3. The van der Waals surface area contributed by atoms with Gasteiger partial charge in [-0.15, -0.1) is 0 Å². The molecule has 0 aromatic rings. The number of alkyl halides is 6. The van der Waals surface area contributed by atoms with Crippen molar-refractivity contribution in [2.75, 3.05) is 6.61 Å². The first-order chi connectivity index (χ1) is 10.1. The van der Waals surface area contributed by atoms with Gasteiger partial charge in [0.25, 0.3) is 0 Å². The Hall–Kier alpha value is -0.460. The van der Waals surface area contributed by atoms with E-state index in [0.717, 1.165) is 6.42 Å². The molecule has 1 saturated carbocycles. The van der Waals surface area contributed by atoms with Crippen LogP contribution in [0.3, 0.4) is 0 Å². The Morgan fingerprint density at radius 3 is 1.64 bits per heavy atom. The summed E-state index contributed by atoms with van der Waals surface area (Å²) in [4.78, 5) is 0. The van der Waals surface area contributed by atoms with Gasteiger partial charge >= 0.3 is 12.4 Å². The van der Waals surface area contributed by atoms with E-state index in [0.29, 0.717) is 25.9 Å². The van der Waals surface area contributed by atoms with Gasteiger partial charge in [-0.05, 0) is 50.4 Å². The van der Waals surface area contributed by atoms with Crippen LogP contribution in [0.2, 0.25) is 0 Å². The maximum Gasteiger partial charge on any atom is 0.389 e. The minimum atomic E-state index is -4.21. The summed E-state index contributed by atoms with van der Waals surface area (Å²) in [5.74, 6) is -0.397. The molecule has 0 heterocycles. The van der Waals surface area contributed by atoms with E-state index < -0.39 is 25.2 Å². The summed E-state index contributed by atoms with van der Waals surface area (Å²) in [5, 5.41) is 0. The van der Waals surface area contributed by atoms with Gasteiger partial charge in [-0.2, -0.15) is 26.3 Å². The van der Waals surface area contributed by atoms with Crippen LogP contribution in [0.15, 0.2) is 0 Å². The molecule has 0 radical (unpaired) electrons. The number of hydrogen-bond acceptors (Lipinski definition) is 1. The lowest BCUT2D eigenvalue weighted by molar-refractivity contribution is -0.142. The van der Waals surface area contributed by atoms with Crippen LogP contribution in [0.4, 0.5) is 26.3 Å². The molecule has 1 rings (SSSR count). The molecule has 2 unspecified atom stereocenters. The summed E-state index contributed by atoms with van der Waals surface area (Å²) in [6.45, 7) is 2.42. The molecule has 0 saturated heterocycles. The fourth-order valence-corrected chi connectivity index (χ4v) is 3.13. The smallest absolute Gasteiger partial charge is 0.378 e. The first-order valence-electron chi connectivity index (χ1n) is 7.84. The topological polar surface area (TPSA) is 9.23 Å². The summed E-state index contributed by atoms with van der Waals surface area (Å²) in [6.07, 6.45) is -8.11. The highest BCUT2D eigenvalue weighted by molar-refractivity contribution is 4.81. The van der Waals surface area contributed by atoms with E-state index in [2.05, 4.69) is 0 Å². The van der Waals surface area contributed by atoms with Crippen molar-refractivity contribution >= 4 is 0 Å². The molecule has 0 aromatic heterocycles. The van der Waals surface area contributed by atoms with Crippen molar-refractivity contribution in [2.45, 2.75) is 76.7 Å². The lowest BCUT2D eigenvalue weighted by Gasteiger charge is -2.35. The van der Waals surface area contributed by atoms with E-state index >= 15 is 0 Å². The van der Waals surface area contributed by atoms with Crippen LogP contribution in [0.25, 0.3) is 0 Å². The third kappa shape index (κ3) is 8.86. The zero-order valence-corrected chi connectivity index (χ0v) is 12.8. The van der Waals surface area contributed by atoms with Gasteiger partial charge in [-0.25, -0.2) is 0 Å². The second kappa shape index (κ2) is 8.41. The molecule has 0 N–H and O–H groups in total. The van der Waals surface area contributed by atoms with Crippen molar-refractivity contribution in [3.05, 3.63) is 0 Å². The van der Waals surface area contributed by atoms with Crippen LogP contribution in [-0.4, -0.2) is 25.1 Å². The Labute approximate surface area is 127 Å². The molecule has 0 bridgehead atoms. The Kier molecular flexibility index (Phi) is 7.49. The molecule has 1 aliphatic rings. The van der Waals surface area contributed by atoms with Crippen LogP contribution in [0, 0.1) is 11.8 Å². The van der Waals surface area contributed by atoms with E-state index in [1.54, 1.807) is 0 Å². The van der Waals surface area contributed by atoms with Crippen LogP contribution >= 0.6 is 0 Å². The Bertz CT molecular complexity index is 286. The third-order valence-corrected chi connectivity index (χ3v) is 4.09. The average molecular weight is 334 g/mol. The molecule has 22 heavy (non-hydrogen) atoms. The standard InChI is InChI=1S/C15H24F6O/c1-2-7-22-13-9-11(3-5-14(16,17)18)8-12(10-13)4-6-15(19,20)21/h11-13H,2-10H2,1H3. The molecular weight excluding hydrogens is 310 g/mol. The molecule has 0 amide bonds. The molecule has 132 valence electrons. The third-order valence-electron chi connectivity index (χ3n) is 4.09. The van der Waals surface area contributed by atoms with E-state index in [-0.39, 0.29) is 30.8 Å². The van der Waals surface area contributed by atoms with Crippen LogP contribution in [0.1, 0.15) is 58.3 Å². The van der Waals surface area contributed by atoms with E-state index in [1.807, 2.05) is 6.92 Å².